The maximum absolute atomic E-state index is 5.43. The highest BCUT2D eigenvalue weighted by molar-refractivity contribution is 7.80. The summed E-state index contributed by atoms with van der Waals surface area (Å²) in [7, 11) is 0. The average Bonchev–Trinajstić information content (AvgIpc) is 2.47. The van der Waals surface area contributed by atoms with Crippen LogP contribution in [0.2, 0.25) is 0 Å². The lowest BCUT2D eigenvalue weighted by Gasteiger charge is -2.22. The summed E-state index contributed by atoms with van der Waals surface area (Å²) in [6.45, 7) is 2.01. The van der Waals surface area contributed by atoms with Crippen molar-refractivity contribution in [3.05, 3.63) is 60.2 Å². The molecule has 0 spiro atoms. The third-order valence-corrected chi connectivity index (χ3v) is 3.10. The standard InChI is InChI=1S/C15H16N4S/c1-12-7-5-6-10-14(12)19(11-17-16)15(20)18-13-8-3-2-4-9-13/h2-11H,16H2,1H3,(H,18,20). The van der Waals surface area contributed by atoms with Gasteiger partial charge in [-0.25, -0.2) is 0 Å². The maximum atomic E-state index is 5.43. The Balaban J connectivity index is 2.25. The molecular weight excluding hydrogens is 268 g/mol. The highest BCUT2D eigenvalue weighted by atomic mass is 32.1. The van der Waals surface area contributed by atoms with Crippen molar-refractivity contribution in [2.75, 3.05) is 10.2 Å². The number of hydrogen-bond acceptors (Lipinski definition) is 3. The van der Waals surface area contributed by atoms with E-state index in [1.807, 2.05) is 61.5 Å². The number of nitrogens with one attached hydrogen (secondary N) is 1. The summed E-state index contributed by atoms with van der Waals surface area (Å²) >= 11 is 5.43. The molecule has 0 aromatic heterocycles. The Labute approximate surface area is 123 Å². The summed E-state index contributed by atoms with van der Waals surface area (Å²) < 4.78 is 0. The normalized spacial score (nSPS) is 10.4. The number of rotatable bonds is 3. The van der Waals surface area contributed by atoms with Gasteiger partial charge in [0.25, 0.3) is 0 Å². The molecule has 0 saturated carbocycles. The van der Waals surface area contributed by atoms with E-state index in [-0.39, 0.29) is 0 Å². The molecule has 0 aliphatic carbocycles. The molecule has 0 aliphatic rings. The molecule has 2 rings (SSSR count). The molecule has 3 N–H and O–H groups in total. The zero-order chi connectivity index (χ0) is 14.4. The minimum absolute atomic E-state index is 0.514. The summed E-state index contributed by atoms with van der Waals surface area (Å²) in [6, 6.07) is 17.6. The number of aryl methyl sites for hydroxylation is 1. The maximum Gasteiger partial charge on any atom is 0.183 e. The van der Waals surface area contributed by atoms with E-state index in [0.29, 0.717) is 5.11 Å². The summed E-state index contributed by atoms with van der Waals surface area (Å²) in [5.41, 5.74) is 2.95. The van der Waals surface area contributed by atoms with E-state index in [1.54, 1.807) is 4.90 Å². The van der Waals surface area contributed by atoms with Crippen LogP contribution in [0.1, 0.15) is 5.56 Å². The Bertz CT molecular complexity index is 610. The highest BCUT2D eigenvalue weighted by Crippen LogP contribution is 2.19. The smallest absolute Gasteiger partial charge is 0.183 e. The van der Waals surface area contributed by atoms with E-state index < -0.39 is 0 Å². The van der Waals surface area contributed by atoms with Crippen LogP contribution in [0.4, 0.5) is 11.4 Å². The third kappa shape index (κ3) is 3.33. The van der Waals surface area contributed by atoms with Crippen LogP contribution in [0.25, 0.3) is 0 Å². The fourth-order valence-electron chi connectivity index (χ4n) is 1.83. The number of nitrogens with two attached hydrogens (primary N) is 1. The first-order valence-electron chi connectivity index (χ1n) is 6.16. The molecule has 0 atom stereocenters. The third-order valence-electron chi connectivity index (χ3n) is 2.80. The second-order valence-corrected chi connectivity index (χ2v) is 4.60. The molecule has 2 aromatic rings. The molecule has 0 heterocycles. The zero-order valence-electron chi connectivity index (χ0n) is 11.2. The molecule has 102 valence electrons. The van der Waals surface area contributed by atoms with Crippen LogP contribution in [-0.2, 0) is 0 Å². The molecule has 0 bridgehead atoms. The number of hydrazone groups is 1. The summed E-state index contributed by atoms with van der Waals surface area (Å²) in [6.07, 6.45) is 1.50. The molecule has 0 fully saturated rings. The van der Waals surface area contributed by atoms with E-state index in [2.05, 4.69) is 10.4 Å². The molecule has 0 radical (unpaired) electrons. The van der Waals surface area contributed by atoms with E-state index >= 15 is 0 Å². The van der Waals surface area contributed by atoms with Crippen molar-refractivity contribution in [1.29, 1.82) is 0 Å². The van der Waals surface area contributed by atoms with Gasteiger partial charge < -0.3 is 11.2 Å². The van der Waals surface area contributed by atoms with Crippen molar-refractivity contribution in [2.24, 2.45) is 10.9 Å². The van der Waals surface area contributed by atoms with Gasteiger partial charge in [-0.15, -0.1) is 0 Å². The monoisotopic (exact) mass is 284 g/mol. The van der Waals surface area contributed by atoms with Gasteiger partial charge in [0, 0.05) is 5.69 Å². The van der Waals surface area contributed by atoms with E-state index in [4.69, 9.17) is 18.1 Å². The fourth-order valence-corrected chi connectivity index (χ4v) is 2.09. The second-order valence-electron chi connectivity index (χ2n) is 4.22. The van der Waals surface area contributed by atoms with Gasteiger partial charge >= 0.3 is 0 Å². The van der Waals surface area contributed by atoms with Crippen LogP contribution >= 0.6 is 12.2 Å². The van der Waals surface area contributed by atoms with Gasteiger partial charge in [-0.1, -0.05) is 36.4 Å². The number of hydrogen-bond donors (Lipinski definition) is 2. The van der Waals surface area contributed by atoms with Crippen LogP contribution in [0.3, 0.4) is 0 Å². The SMILES string of the molecule is Cc1ccccc1N(C=NN)C(=S)Nc1ccccc1. The molecule has 5 heteroatoms. The van der Waals surface area contributed by atoms with Crippen LogP contribution in [0, 0.1) is 6.92 Å². The summed E-state index contributed by atoms with van der Waals surface area (Å²) in [4.78, 5) is 1.75. The lowest BCUT2D eigenvalue weighted by atomic mass is 10.2. The lowest BCUT2D eigenvalue weighted by molar-refractivity contribution is 1.24. The van der Waals surface area contributed by atoms with Gasteiger partial charge in [-0.2, -0.15) is 5.10 Å². The first-order chi connectivity index (χ1) is 9.72. The van der Waals surface area contributed by atoms with Gasteiger partial charge in [0.1, 0.15) is 6.34 Å². The molecule has 0 unspecified atom stereocenters. The predicted molar refractivity (Wildman–Crippen MR) is 89.0 cm³/mol. The van der Waals surface area contributed by atoms with E-state index in [1.165, 1.54) is 6.34 Å². The topological polar surface area (TPSA) is 53.6 Å². The molecular formula is C15H16N4S. The van der Waals surface area contributed by atoms with Crippen molar-refractivity contribution in [1.82, 2.24) is 0 Å². The Kier molecular flexibility index (Phi) is 4.68. The largest absolute Gasteiger partial charge is 0.332 e. The number of anilines is 2. The molecule has 2 aromatic carbocycles. The van der Waals surface area contributed by atoms with Gasteiger partial charge in [-0.05, 0) is 42.9 Å². The predicted octanol–water partition coefficient (Wildman–Crippen LogP) is 3.10. The molecule has 4 nitrogen and oxygen atoms in total. The number of nitrogens with zero attached hydrogens (tertiary/aromatic N) is 2. The van der Waals surface area contributed by atoms with Gasteiger partial charge in [-0.3, -0.25) is 4.90 Å². The first-order valence-corrected chi connectivity index (χ1v) is 6.57. The Morgan fingerprint density at radius 1 is 1.15 bits per heavy atom. The van der Waals surface area contributed by atoms with Crippen LogP contribution in [0.5, 0.6) is 0 Å². The number of para-hydroxylation sites is 2. The Morgan fingerprint density at radius 2 is 1.80 bits per heavy atom. The van der Waals surface area contributed by atoms with Crippen molar-refractivity contribution in [2.45, 2.75) is 6.92 Å². The van der Waals surface area contributed by atoms with Gasteiger partial charge in [0.2, 0.25) is 0 Å². The minimum atomic E-state index is 0.514. The van der Waals surface area contributed by atoms with E-state index in [0.717, 1.165) is 16.9 Å². The van der Waals surface area contributed by atoms with Crippen LogP contribution in [-0.4, -0.2) is 11.5 Å². The molecule has 0 saturated heterocycles. The zero-order valence-corrected chi connectivity index (χ0v) is 12.0. The minimum Gasteiger partial charge on any atom is -0.332 e. The number of benzene rings is 2. The van der Waals surface area contributed by atoms with Gasteiger partial charge in [0.05, 0.1) is 5.69 Å². The summed E-state index contributed by atoms with van der Waals surface area (Å²) in [5.74, 6) is 5.29. The van der Waals surface area contributed by atoms with E-state index in [9.17, 15) is 0 Å². The van der Waals surface area contributed by atoms with Crippen molar-refractivity contribution < 1.29 is 0 Å². The molecule has 20 heavy (non-hydrogen) atoms. The quantitative estimate of drug-likeness (QED) is 0.299. The second kappa shape index (κ2) is 6.68. The van der Waals surface area contributed by atoms with Gasteiger partial charge in [0.15, 0.2) is 5.11 Å². The average molecular weight is 284 g/mol. The van der Waals surface area contributed by atoms with Crippen LogP contribution in [0.15, 0.2) is 59.7 Å². The fraction of sp³-hybridized carbons (Fsp3) is 0.0667. The van der Waals surface area contributed by atoms with Crippen molar-refractivity contribution in [3.63, 3.8) is 0 Å². The number of thiocarbonyl (C=S) groups is 1. The van der Waals surface area contributed by atoms with Crippen molar-refractivity contribution >= 4 is 35.0 Å². The summed E-state index contributed by atoms with van der Waals surface area (Å²) in [5, 5.41) is 7.27. The molecule has 0 aliphatic heterocycles. The highest BCUT2D eigenvalue weighted by Gasteiger charge is 2.12. The van der Waals surface area contributed by atoms with Crippen LogP contribution < -0.4 is 16.1 Å². The molecule has 0 amide bonds. The first kappa shape index (κ1) is 14.0. The Morgan fingerprint density at radius 3 is 2.45 bits per heavy atom. The van der Waals surface area contributed by atoms with Crippen molar-refractivity contribution in [3.8, 4) is 0 Å². The lowest BCUT2D eigenvalue weighted by Crippen LogP contribution is -2.34. The Hall–Kier alpha value is -2.40.